The van der Waals surface area contributed by atoms with Crippen LogP contribution in [0.5, 0.6) is 5.75 Å². The van der Waals surface area contributed by atoms with Gasteiger partial charge in [-0.15, -0.1) is 0 Å². The predicted molar refractivity (Wildman–Crippen MR) is 127 cm³/mol. The van der Waals surface area contributed by atoms with Gasteiger partial charge in [0, 0.05) is 9.79 Å². The molecule has 0 amide bonds. The summed E-state index contributed by atoms with van der Waals surface area (Å²) < 4.78 is 5.99. The second kappa shape index (κ2) is 13.4. The number of anilines is 2. The molecule has 2 aromatic carbocycles. The molecule has 0 aromatic heterocycles. The van der Waals surface area contributed by atoms with Crippen LogP contribution in [0.4, 0.5) is 11.4 Å². The smallest absolute Gasteiger partial charge is 0.120 e. The SMILES string of the molecule is CCCCN(CCCC)CCCCOc1cccc(Sc2ccc(N)c(N)c2)c1. The second-order valence-corrected chi connectivity index (χ2v) is 8.62. The van der Waals surface area contributed by atoms with Gasteiger partial charge in [-0.05, 0) is 81.7 Å². The average Bonchev–Trinajstić information content (AvgIpc) is 2.72. The van der Waals surface area contributed by atoms with Crippen molar-refractivity contribution in [3.8, 4) is 5.75 Å². The van der Waals surface area contributed by atoms with Gasteiger partial charge >= 0.3 is 0 Å². The Bertz CT molecular complexity index is 715. The monoisotopic (exact) mass is 415 g/mol. The van der Waals surface area contributed by atoms with E-state index in [0.29, 0.717) is 11.4 Å². The maximum absolute atomic E-state index is 5.99. The standard InChI is InChI=1S/C24H37N3OS/c1-3-5-14-27(15-6-4-2)16-7-8-17-28-20-10-9-11-21(18-20)29-22-12-13-23(25)24(26)19-22/h9-13,18-19H,3-8,14-17,25-26H2,1-2H3. The van der Waals surface area contributed by atoms with Gasteiger partial charge in [0.1, 0.15) is 5.75 Å². The summed E-state index contributed by atoms with van der Waals surface area (Å²) >= 11 is 1.67. The lowest BCUT2D eigenvalue weighted by Gasteiger charge is -2.21. The summed E-state index contributed by atoms with van der Waals surface area (Å²) in [5.41, 5.74) is 12.9. The van der Waals surface area contributed by atoms with E-state index in [9.17, 15) is 0 Å². The number of ether oxygens (including phenoxy) is 1. The number of hydrogen-bond acceptors (Lipinski definition) is 5. The van der Waals surface area contributed by atoms with E-state index in [0.717, 1.165) is 28.6 Å². The summed E-state index contributed by atoms with van der Waals surface area (Å²) in [7, 11) is 0. The Morgan fingerprint density at radius 1 is 0.793 bits per heavy atom. The average molecular weight is 416 g/mol. The van der Waals surface area contributed by atoms with Crippen LogP contribution in [-0.4, -0.2) is 31.1 Å². The van der Waals surface area contributed by atoms with E-state index in [1.54, 1.807) is 11.8 Å². The maximum Gasteiger partial charge on any atom is 0.120 e. The first-order chi connectivity index (χ1) is 14.1. The summed E-state index contributed by atoms with van der Waals surface area (Å²) in [5, 5.41) is 0. The van der Waals surface area contributed by atoms with Crippen molar-refractivity contribution in [1.29, 1.82) is 0 Å². The van der Waals surface area contributed by atoms with E-state index in [4.69, 9.17) is 16.2 Å². The Morgan fingerprint density at radius 2 is 1.48 bits per heavy atom. The molecule has 0 spiro atoms. The van der Waals surface area contributed by atoms with Crippen LogP contribution in [0.15, 0.2) is 52.3 Å². The highest BCUT2D eigenvalue weighted by molar-refractivity contribution is 7.99. The van der Waals surface area contributed by atoms with Crippen molar-refractivity contribution in [2.45, 2.75) is 62.2 Å². The van der Waals surface area contributed by atoms with Crippen molar-refractivity contribution in [1.82, 2.24) is 4.90 Å². The molecule has 0 aliphatic carbocycles. The summed E-state index contributed by atoms with van der Waals surface area (Å²) in [6.07, 6.45) is 7.40. The molecule has 0 atom stereocenters. The molecule has 0 unspecified atom stereocenters. The molecule has 0 aliphatic heterocycles. The van der Waals surface area contributed by atoms with Crippen LogP contribution < -0.4 is 16.2 Å². The van der Waals surface area contributed by atoms with Crippen LogP contribution in [0.1, 0.15) is 52.4 Å². The van der Waals surface area contributed by atoms with Gasteiger partial charge in [0.05, 0.1) is 18.0 Å². The minimum absolute atomic E-state index is 0.620. The molecule has 4 N–H and O–H groups in total. The molecule has 2 aromatic rings. The molecule has 0 saturated carbocycles. The fraction of sp³-hybridized carbons (Fsp3) is 0.500. The quantitative estimate of drug-likeness (QED) is 0.290. The summed E-state index contributed by atoms with van der Waals surface area (Å²) in [5.74, 6) is 0.923. The zero-order chi connectivity index (χ0) is 20.9. The zero-order valence-corrected chi connectivity index (χ0v) is 18.8. The van der Waals surface area contributed by atoms with Gasteiger partial charge in [-0.2, -0.15) is 0 Å². The molecule has 4 nitrogen and oxygen atoms in total. The number of benzene rings is 2. The molecule has 0 aliphatic rings. The van der Waals surface area contributed by atoms with Crippen molar-refractivity contribution in [3.63, 3.8) is 0 Å². The highest BCUT2D eigenvalue weighted by Gasteiger charge is 2.05. The van der Waals surface area contributed by atoms with Gasteiger partial charge < -0.3 is 21.1 Å². The second-order valence-electron chi connectivity index (χ2n) is 7.47. The number of unbranched alkanes of at least 4 members (excludes halogenated alkanes) is 3. The first kappa shape index (κ1) is 23.4. The number of rotatable bonds is 14. The van der Waals surface area contributed by atoms with Crippen molar-refractivity contribution in [2.75, 3.05) is 37.7 Å². The van der Waals surface area contributed by atoms with Crippen LogP contribution >= 0.6 is 11.8 Å². The normalized spacial score (nSPS) is 11.1. The van der Waals surface area contributed by atoms with Gasteiger partial charge in [0.15, 0.2) is 0 Å². The van der Waals surface area contributed by atoms with E-state index < -0.39 is 0 Å². The van der Waals surface area contributed by atoms with Crippen LogP contribution in [0.2, 0.25) is 0 Å². The van der Waals surface area contributed by atoms with Crippen molar-refractivity contribution in [2.24, 2.45) is 0 Å². The van der Waals surface area contributed by atoms with Gasteiger partial charge in [0.2, 0.25) is 0 Å². The molecular weight excluding hydrogens is 378 g/mol. The van der Waals surface area contributed by atoms with E-state index in [-0.39, 0.29) is 0 Å². The van der Waals surface area contributed by atoms with E-state index >= 15 is 0 Å². The predicted octanol–water partition coefficient (Wildman–Crippen LogP) is 6.06. The number of hydrogen-bond donors (Lipinski definition) is 2. The third-order valence-corrected chi connectivity index (χ3v) is 5.87. The fourth-order valence-corrected chi connectivity index (χ4v) is 4.02. The highest BCUT2D eigenvalue weighted by Crippen LogP contribution is 2.32. The first-order valence-electron chi connectivity index (χ1n) is 10.9. The van der Waals surface area contributed by atoms with Gasteiger partial charge in [-0.1, -0.05) is 44.5 Å². The van der Waals surface area contributed by atoms with Crippen molar-refractivity contribution < 1.29 is 4.74 Å². The Kier molecular flexibility index (Phi) is 10.8. The van der Waals surface area contributed by atoms with Crippen LogP contribution in [0.3, 0.4) is 0 Å². The number of nitrogen functional groups attached to an aromatic ring is 2. The van der Waals surface area contributed by atoms with Crippen LogP contribution in [-0.2, 0) is 0 Å². The van der Waals surface area contributed by atoms with Crippen molar-refractivity contribution in [3.05, 3.63) is 42.5 Å². The molecule has 29 heavy (non-hydrogen) atoms. The summed E-state index contributed by atoms with van der Waals surface area (Å²) in [4.78, 5) is 4.83. The third kappa shape index (κ3) is 9.01. The number of nitrogens with zero attached hydrogens (tertiary/aromatic N) is 1. The minimum atomic E-state index is 0.620. The molecule has 0 bridgehead atoms. The molecule has 0 saturated heterocycles. The zero-order valence-electron chi connectivity index (χ0n) is 18.0. The van der Waals surface area contributed by atoms with Crippen LogP contribution in [0, 0.1) is 0 Å². The Balaban J connectivity index is 1.74. The van der Waals surface area contributed by atoms with E-state index in [2.05, 4.69) is 30.9 Å². The molecule has 0 radical (unpaired) electrons. The summed E-state index contributed by atoms with van der Waals surface area (Å²) in [6, 6.07) is 14.0. The largest absolute Gasteiger partial charge is 0.494 e. The molecule has 160 valence electrons. The van der Waals surface area contributed by atoms with E-state index in [1.165, 1.54) is 51.7 Å². The van der Waals surface area contributed by atoms with Crippen LogP contribution in [0.25, 0.3) is 0 Å². The Labute approximate surface area is 181 Å². The summed E-state index contributed by atoms with van der Waals surface area (Å²) in [6.45, 7) is 8.93. The molecule has 0 heterocycles. The molecule has 2 rings (SSSR count). The number of nitrogens with two attached hydrogens (primary N) is 2. The highest BCUT2D eigenvalue weighted by atomic mass is 32.2. The minimum Gasteiger partial charge on any atom is -0.494 e. The topological polar surface area (TPSA) is 64.5 Å². The lowest BCUT2D eigenvalue weighted by molar-refractivity contribution is 0.243. The fourth-order valence-electron chi connectivity index (χ4n) is 3.11. The lowest BCUT2D eigenvalue weighted by atomic mass is 10.2. The maximum atomic E-state index is 5.99. The van der Waals surface area contributed by atoms with E-state index in [1.807, 2.05) is 30.3 Å². The van der Waals surface area contributed by atoms with Gasteiger partial charge in [-0.25, -0.2) is 0 Å². The van der Waals surface area contributed by atoms with Gasteiger partial charge in [-0.3, -0.25) is 0 Å². The molecular formula is C24H37N3OS. The van der Waals surface area contributed by atoms with Gasteiger partial charge in [0.25, 0.3) is 0 Å². The lowest BCUT2D eigenvalue weighted by Crippen LogP contribution is -2.27. The first-order valence-corrected chi connectivity index (χ1v) is 11.7. The van der Waals surface area contributed by atoms with Crippen molar-refractivity contribution >= 4 is 23.1 Å². The molecule has 0 fully saturated rings. The molecule has 5 heteroatoms. The Morgan fingerprint density at radius 3 is 2.17 bits per heavy atom. The third-order valence-electron chi connectivity index (χ3n) is 4.89. The Hall–Kier alpha value is -1.85.